The highest BCUT2D eigenvalue weighted by Gasteiger charge is 2.56. The molecule has 3 saturated carbocycles. The van der Waals surface area contributed by atoms with Crippen LogP contribution in [0.25, 0.3) is 0 Å². The summed E-state index contributed by atoms with van der Waals surface area (Å²) in [5.41, 5.74) is 5.06. The Morgan fingerprint density at radius 1 is 1.24 bits per heavy atom. The molecule has 1 heterocycles. The van der Waals surface area contributed by atoms with Gasteiger partial charge in [-0.05, 0) is 67.6 Å². The topological polar surface area (TPSA) is 62.5 Å². The second-order valence-electron chi connectivity index (χ2n) is 10.7. The van der Waals surface area contributed by atoms with Gasteiger partial charge in [0, 0.05) is 37.3 Å². The molecule has 2 aromatic rings. The Kier molecular flexibility index (Phi) is 6.93. The van der Waals surface area contributed by atoms with Crippen LogP contribution in [0, 0.1) is 23.2 Å². The molecule has 7 heteroatoms. The van der Waals surface area contributed by atoms with E-state index >= 15 is 0 Å². The van der Waals surface area contributed by atoms with E-state index in [0.29, 0.717) is 23.9 Å². The number of hydrogen-bond acceptors (Lipinski definition) is 5. The van der Waals surface area contributed by atoms with E-state index in [0.717, 1.165) is 47.4 Å². The third-order valence-corrected chi connectivity index (χ3v) is 8.88. The molecule has 6 nitrogen and oxygen atoms in total. The lowest BCUT2D eigenvalue weighted by Crippen LogP contribution is -2.58. The Labute approximate surface area is 205 Å². The fourth-order valence-electron chi connectivity index (χ4n) is 6.27. The molecular formula is C27H40BN5O. The number of aliphatic imine (C=N–C) groups is 1. The summed E-state index contributed by atoms with van der Waals surface area (Å²) >= 11 is 0. The van der Waals surface area contributed by atoms with Gasteiger partial charge in [-0.25, -0.2) is 4.68 Å². The first kappa shape index (κ1) is 24.6. The highest BCUT2D eigenvalue weighted by molar-refractivity contribution is 6.35. The molecule has 0 amide bonds. The van der Waals surface area contributed by atoms with Crippen LogP contribution < -0.4 is 21.2 Å². The number of benzene rings is 1. The lowest BCUT2D eigenvalue weighted by atomic mass is 9.44. The number of aromatic nitrogens is 2. The predicted molar refractivity (Wildman–Crippen MR) is 146 cm³/mol. The highest BCUT2D eigenvalue weighted by Crippen LogP contribution is 2.61. The van der Waals surface area contributed by atoms with Gasteiger partial charge in [-0.1, -0.05) is 32.9 Å². The van der Waals surface area contributed by atoms with E-state index in [1.54, 1.807) is 7.05 Å². The van der Waals surface area contributed by atoms with Gasteiger partial charge in [0.25, 0.3) is 5.56 Å². The SMILES string of the molecule is Bc1c(N[C@@H]2C[C@@H]3C[C@H]([C@H]2C)C3(C)C)cnn(C/C(=N/C)c2ccc(N(CC)CC)cc2)c1=O. The summed E-state index contributed by atoms with van der Waals surface area (Å²) in [6.45, 7) is 13.8. The van der Waals surface area contributed by atoms with Crippen molar-refractivity contribution in [1.29, 1.82) is 0 Å². The largest absolute Gasteiger partial charge is 0.381 e. The van der Waals surface area contributed by atoms with E-state index in [1.165, 1.54) is 23.2 Å². The van der Waals surface area contributed by atoms with Crippen LogP contribution in [-0.2, 0) is 6.54 Å². The van der Waals surface area contributed by atoms with Crippen molar-refractivity contribution < 1.29 is 0 Å². The van der Waals surface area contributed by atoms with Gasteiger partial charge in [0.2, 0.25) is 0 Å². The minimum absolute atomic E-state index is 0.0557. The minimum Gasteiger partial charge on any atom is -0.381 e. The Bertz CT molecular complexity index is 1100. The van der Waals surface area contributed by atoms with E-state index < -0.39 is 0 Å². The summed E-state index contributed by atoms with van der Waals surface area (Å²) in [5, 5.41) is 8.21. The standard InChI is InChI=1S/C27H40BN5O/c1-7-32(8-2)20-11-9-18(10-12-20)24(29-6)16-33-26(34)25(28)23(15-30-33)31-22-14-19-13-21(17(22)3)27(19,4)5/h9-12,15,17,19,21-22,31H,7-8,13-14,16,28H2,1-6H3/b29-24-/t17-,19+,21-,22-/m1/s1. The number of rotatable bonds is 8. The second kappa shape index (κ2) is 9.59. The second-order valence-corrected chi connectivity index (χ2v) is 10.7. The Morgan fingerprint density at radius 3 is 2.47 bits per heavy atom. The van der Waals surface area contributed by atoms with Crippen molar-refractivity contribution in [3.63, 3.8) is 0 Å². The summed E-state index contributed by atoms with van der Waals surface area (Å²) in [4.78, 5) is 20.0. The van der Waals surface area contributed by atoms with Crippen LogP contribution in [0.5, 0.6) is 0 Å². The molecule has 0 unspecified atom stereocenters. The molecule has 0 radical (unpaired) electrons. The molecule has 3 aliphatic carbocycles. The fourth-order valence-corrected chi connectivity index (χ4v) is 6.27. The number of nitrogens with one attached hydrogen (secondary N) is 1. The minimum atomic E-state index is -0.0557. The van der Waals surface area contributed by atoms with Gasteiger partial charge >= 0.3 is 0 Å². The van der Waals surface area contributed by atoms with Gasteiger partial charge in [0.05, 0.1) is 24.1 Å². The molecule has 5 rings (SSSR count). The van der Waals surface area contributed by atoms with Crippen molar-refractivity contribution >= 4 is 30.4 Å². The smallest absolute Gasteiger partial charge is 0.262 e. The van der Waals surface area contributed by atoms with Crippen LogP contribution in [0.15, 0.2) is 40.2 Å². The molecule has 4 atom stereocenters. The van der Waals surface area contributed by atoms with E-state index in [-0.39, 0.29) is 5.56 Å². The number of hydrogen-bond donors (Lipinski definition) is 1. The molecule has 2 bridgehead atoms. The van der Waals surface area contributed by atoms with Crippen molar-refractivity contribution in [1.82, 2.24) is 9.78 Å². The first-order chi connectivity index (χ1) is 16.2. The van der Waals surface area contributed by atoms with Crippen molar-refractivity contribution in [3.05, 3.63) is 46.4 Å². The number of nitrogens with zero attached hydrogens (tertiary/aromatic N) is 4. The van der Waals surface area contributed by atoms with Crippen molar-refractivity contribution in [3.8, 4) is 0 Å². The van der Waals surface area contributed by atoms with Gasteiger partial charge < -0.3 is 10.2 Å². The molecule has 1 aromatic carbocycles. The van der Waals surface area contributed by atoms with Crippen molar-refractivity contribution in [2.45, 2.75) is 60.0 Å². The Morgan fingerprint density at radius 2 is 1.91 bits per heavy atom. The van der Waals surface area contributed by atoms with Gasteiger partial charge in [-0.3, -0.25) is 9.79 Å². The molecule has 0 aliphatic heterocycles. The number of fused-ring (bicyclic) bond motifs is 2. The fraction of sp³-hybridized carbons (Fsp3) is 0.593. The molecule has 1 aromatic heterocycles. The zero-order valence-electron chi connectivity index (χ0n) is 21.9. The quantitative estimate of drug-likeness (QED) is 0.485. The van der Waals surface area contributed by atoms with Crippen molar-refractivity contribution in [2.75, 3.05) is 30.4 Å². The van der Waals surface area contributed by atoms with Gasteiger partial charge in [-0.15, -0.1) is 0 Å². The maximum atomic E-state index is 13.2. The van der Waals surface area contributed by atoms with E-state index in [1.807, 2.05) is 14.0 Å². The average molecular weight is 461 g/mol. The summed E-state index contributed by atoms with van der Waals surface area (Å²) in [6, 6.07) is 8.82. The van der Waals surface area contributed by atoms with Crippen molar-refractivity contribution in [2.24, 2.45) is 28.2 Å². The highest BCUT2D eigenvalue weighted by atomic mass is 16.1. The molecule has 182 valence electrons. The lowest BCUT2D eigenvalue weighted by Gasteiger charge is -2.62. The molecule has 0 spiro atoms. The average Bonchev–Trinajstić information content (AvgIpc) is 2.83. The number of anilines is 2. The molecule has 0 saturated heterocycles. The normalized spacial score (nSPS) is 25.5. The summed E-state index contributed by atoms with van der Waals surface area (Å²) in [5.74, 6) is 2.13. The molecule has 1 N–H and O–H groups in total. The van der Waals surface area contributed by atoms with Crippen LogP contribution >= 0.6 is 0 Å². The van der Waals surface area contributed by atoms with Gasteiger partial charge in [-0.2, -0.15) is 5.10 Å². The Balaban J connectivity index is 1.48. The van der Waals surface area contributed by atoms with Gasteiger partial charge in [0.1, 0.15) is 7.85 Å². The molecular weight excluding hydrogens is 421 g/mol. The monoisotopic (exact) mass is 461 g/mol. The Hall–Kier alpha value is -2.57. The molecule has 34 heavy (non-hydrogen) atoms. The maximum absolute atomic E-state index is 13.2. The van der Waals surface area contributed by atoms with Crippen LogP contribution in [0.2, 0.25) is 0 Å². The first-order valence-electron chi connectivity index (χ1n) is 12.8. The van der Waals surface area contributed by atoms with Crippen LogP contribution in [0.1, 0.15) is 53.0 Å². The first-order valence-corrected chi connectivity index (χ1v) is 12.8. The predicted octanol–water partition coefficient (Wildman–Crippen LogP) is 2.95. The van der Waals surface area contributed by atoms with E-state index in [4.69, 9.17) is 0 Å². The summed E-state index contributed by atoms with van der Waals surface area (Å²) < 4.78 is 1.53. The zero-order chi connectivity index (χ0) is 24.6. The summed E-state index contributed by atoms with van der Waals surface area (Å²) in [7, 11) is 3.68. The van der Waals surface area contributed by atoms with Crippen LogP contribution in [0.4, 0.5) is 11.4 Å². The van der Waals surface area contributed by atoms with Crippen LogP contribution in [-0.4, -0.2) is 49.5 Å². The molecule has 3 fully saturated rings. The zero-order valence-corrected chi connectivity index (χ0v) is 21.9. The third-order valence-electron chi connectivity index (χ3n) is 8.88. The molecule has 3 aliphatic rings. The third kappa shape index (κ3) is 4.30. The lowest BCUT2D eigenvalue weighted by molar-refractivity contribution is -0.105. The van der Waals surface area contributed by atoms with E-state index in [2.05, 4.69) is 79.2 Å². The summed E-state index contributed by atoms with van der Waals surface area (Å²) in [6.07, 6.45) is 4.34. The maximum Gasteiger partial charge on any atom is 0.262 e. The van der Waals surface area contributed by atoms with Gasteiger partial charge in [0.15, 0.2) is 0 Å². The van der Waals surface area contributed by atoms with Crippen LogP contribution in [0.3, 0.4) is 0 Å². The van der Waals surface area contributed by atoms with E-state index in [9.17, 15) is 4.79 Å².